The summed E-state index contributed by atoms with van der Waals surface area (Å²) in [5.41, 5.74) is 11.0. The number of carboxylic acids is 1. The van der Waals surface area contributed by atoms with Crippen LogP contribution < -0.4 is 21.5 Å². The van der Waals surface area contributed by atoms with Crippen molar-refractivity contribution in [3.05, 3.63) is 47.1 Å². The third-order valence-electron chi connectivity index (χ3n) is 4.45. The van der Waals surface area contributed by atoms with Crippen LogP contribution in [-0.2, 0) is 14.4 Å². The third-order valence-corrected chi connectivity index (χ3v) is 5.12. The van der Waals surface area contributed by atoms with Crippen molar-refractivity contribution >= 4 is 46.2 Å². The van der Waals surface area contributed by atoms with Crippen molar-refractivity contribution in [2.24, 2.45) is 15.9 Å². The summed E-state index contributed by atoms with van der Waals surface area (Å²) in [6.45, 7) is 2.27. The monoisotopic (exact) mass is 488 g/mol. The number of carbonyl (C=O) groups excluding carboxylic acids is 1. The molecule has 2 rings (SSSR count). The highest BCUT2D eigenvalue weighted by Crippen LogP contribution is 2.21. The maximum absolute atomic E-state index is 11.8. The molecule has 1 unspecified atom stereocenters. The first-order valence-electron chi connectivity index (χ1n) is 10.3. The van der Waals surface area contributed by atoms with Gasteiger partial charge in [0.05, 0.1) is 0 Å². The first-order valence-corrected chi connectivity index (χ1v) is 11.2. The highest BCUT2D eigenvalue weighted by atomic mass is 32.1. The zero-order chi connectivity index (χ0) is 25.0. The maximum atomic E-state index is 11.8. The van der Waals surface area contributed by atoms with Crippen LogP contribution in [0.2, 0.25) is 0 Å². The second-order valence-electron chi connectivity index (χ2n) is 7.19. The van der Waals surface area contributed by atoms with Crippen LogP contribution in [0.1, 0.15) is 24.6 Å². The molecule has 182 valence electrons. The van der Waals surface area contributed by atoms with Crippen molar-refractivity contribution in [2.45, 2.75) is 18.9 Å². The molecular formula is C22H28N6O5S. The van der Waals surface area contributed by atoms with Crippen LogP contribution in [0.25, 0.3) is 5.57 Å². The molecule has 0 aliphatic carbocycles. The number of nitrogens with two attached hydrogens (primary N) is 2. The van der Waals surface area contributed by atoms with Gasteiger partial charge in [0.2, 0.25) is 0 Å². The van der Waals surface area contributed by atoms with Gasteiger partial charge in [-0.2, -0.15) is 0 Å². The highest BCUT2D eigenvalue weighted by molar-refractivity contribution is 7.13. The molecule has 0 saturated heterocycles. The van der Waals surface area contributed by atoms with Gasteiger partial charge in [-0.15, -0.1) is 11.3 Å². The van der Waals surface area contributed by atoms with Crippen molar-refractivity contribution in [1.82, 2.24) is 10.3 Å². The van der Waals surface area contributed by atoms with Crippen molar-refractivity contribution in [2.75, 3.05) is 32.5 Å². The minimum absolute atomic E-state index is 0.179. The number of allylic oxidation sites excluding steroid dienone is 1. The summed E-state index contributed by atoms with van der Waals surface area (Å²) in [7, 11) is 1.68. The molecule has 2 aromatic rings. The number of aldehydes is 1. The minimum Gasteiger partial charge on any atom is -0.489 e. The number of nitrogens with one attached hydrogen (secondary N) is 1. The average Bonchev–Trinajstić information content (AvgIpc) is 3.26. The van der Waals surface area contributed by atoms with E-state index in [-0.39, 0.29) is 23.1 Å². The fourth-order valence-corrected chi connectivity index (χ4v) is 3.05. The van der Waals surface area contributed by atoms with E-state index in [2.05, 4.69) is 20.4 Å². The molecule has 0 saturated carbocycles. The number of benzene rings is 1. The first-order chi connectivity index (χ1) is 16.3. The molecule has 0 bridgehead atoms. The molecule has 0 amide bonds. The highest BCUT2D eigenvalue weighted by Gasteiger charge is 2.38. The summed E-state index contributed by atoms with van der Waals surface area (Å²) in [5.74, 6) is -0.889. The van der Waals surface area contributed by atoms with E-state index in [1.807, 2.05) is 18.3 Å². The summed E-state index contributed by atoms with van der Waals surface area (Å²) < 4.78 is 5.64. The largest absolute Gasteiger partial charge is 0.489 e. The van der Waals surface area contributed by atoms with Gasteiger partial charge in [-0.25, -0.2) is 9.78 Å². The number of carboxylic acid groups (broad SMARTS) is 1. The molecule has 0 aliphatic rings. The van der Waals surface area contributed by atoms with E-state index in [9.17, 15) is 14.7 Å². The predicted molar refractivity (Wildman–Crippen MR) is 132 cm³/mol. The lowest BCUT2D eigenvalue weighted by atomic mass is 10.1. The van der Waals surface area contributed by atoms with Crippen LogP contribution in [0, 0.1) is 0 Å². The zero-order valence-corrected chi connectivity index (χ0v) is 19.7. The van der Waals surface area contributed by atoms with Crippen LogP contribution in [0.3, 0.4) is 0 Å². The summed E-state index contributed by atoms with van der Waals surface area (Å²) >= 11 is 1.12. The molecule has 0 aliphatic heterocycles. The third kappa shape index (κ3) is 7.67. The summed E-state index contributed by atoms with van der Waals surface area (Å²) in [4.78, 5) is 36.3. The lowest BCUT2D eigenvalue weighted by molar-refractivity contribution is -0.167. The fraction of sp³-hybridized carbons (Fsp3) is 0.318. The Kier molecular flexibility index (Phi) is 10.2. The van der Waals surface area contributed by atoms with Crippen LogP contribution in [0.4, 0.5) is 5.13 Å². The number of hydrogen-bond acceptors (Lipinski definition) is 11. The summed E-state index contributed by atoms with van der Waals surface area (Å²) in [6.07, 6.45) is 4.83. The molecule has 34 heavy (non-hydrogen) atoms. The summed E-state index contributed by atoms with van der Waals surface area (Å²) in [5, 5.41) is 18.3. The van der Waals surface area contributed by atoms with Gasteiger partial charge in [0.15, 0.2) is 17.1 Å². The number of carbonyl (C=O) groups is 2. The Balaban J connectivity index is 2.09. The lowest BCUT2D eigenvalue weighted by Gasteiger charge is -2.22. The van der Waals surface area contributed by atoms with E-state index in [1.165, 1.54) is 12.3 Å². The fourth-order valence-electron chi connectivity index (χ4n) is 2.50. The molecule has 1 heterocycles. The molecule has 1 aromatic carbocycles. The standard InChI is InChI=1S/C22H28N6O5S/c1-22(20(30)31,33-28-18(12-29)19-13-34-21(24)27-19)14-32-17-6-4-15(5-7-17)16(10-25-2)11-26-9-3-8-23/h4-7,10-13,26H,3,8-9,14,23H2,1-2H3,(H2,24,27)(H,30,31)/b16-11+,25-10?,28-18+. The van der Waals surface area contributed by atoms with Gasteiger partial charge in [-0.3, -0.25) is 9.79 Å². The minimum atomic E-state index is -1.86. The molecule has 1 atom stereocenters. The van der Waals surface area contributed by atoms with Gasteiger partial charge in [0, 0.05) is 37.0 Å². The van der Waals surface area contributed by atoms with Gasteiger partial charge in [0.1, 0.15) is 18.1 Å². The van der Waals surface area contributed by atoms with Crippen LogP contribution in [-0.4, -0.2) is 66.6 Å². The van der Waals surface area contributed by atoms with Crippen molar-refractivity contribution in [3.8, 4) is 5.75 Å². The number of nitrogens with zero attached hydrogens (tertiary/aromatic N) is 3. The van der Waals surface area contributed by atoms with E-state index in [0.717, 1.165) is 35.4 Å². The van der Waals surface area contributed by atoms with Gasteiger partial charge < -0.3 is 31.5 Å². The smallest absolute Gasteiger partial charge is 0.354 e. The normalized spacial score (nSPS) is 14.0. The Hall–Kier alpha value is -3.77. The number of ether oxygens (including phenoxy) is 1. The molecule has 12 heteroatoms. The molecule has 6 N–H and O–H groups in total. The molecule has 0 radical (unpaired) electrons. The molecule has 0 spiro atoms. The van der Waals surface area contributed by atoms with Gasteiger partial charge in [-0.05, 0) is 37.6 Å². The number of nitrogen functional groups attached to an aromatic ring is 1. The molecular weight excluding hydrogens is 460 g/mol. The second-order valence-corrected chi connectivity index (χ2v) is 8.08. The van der Waals surface area contributed by atoms with E-state index in [4.69, 9.17) is 21.0 Å². The Morgan fingerprint density at radius 3 is 2.65 bits per heavy atom. The van der Waals surface area contributed by atoms with Crippen LogP contribution in [0.5, 0.6) is 5.75 Å². The number of anilines is 1. The Morgan fingerprint density at radius 2 is 2.09 bits per heavy atom. The topological polar surface area (TPSA) is 175 Å². The van der Waals surface area contributed by atoms with Crippen molar-refractivity contribution in [3.63, 3.8) is 0 Å². The number of aromatic nitrogens is 1. The Labute approximate surface area is 201 Å². The maximum Gasteiger partial charge on any atom is 0.354 e. The number of rotatable bonds is 14. The number of thiazole rings is 1. The molecule has 1 aromatic heterocycles. The van der Waals surface area contributed by atoms with E-state index >= 15 is 0 Å². The van der Waals surface area contributed by atoms with Crippen molar-refractivity contribution in [1.29, 1.82) is 0 Å². The van der Waals surface area contributed by atoms with Crippen LogP contribution in [0.15, 0.2) is 46.0 Å². The number of aliphatic imine (C=N–C) groups is 1. The zero-order valence-electron chi connectivity index (χ0n) is 18.9. The summed E-state index contributed by atoms with van der Waals surface area (Å²) in [6, 6.07) is 7.05. The number of hydrogen-bond donors (Lipinski definition) is 4. The predicted octanol–water partition coefficient (Wildman–Crippen LogP) is 1.55. The van der Waals surface area contributed by atoms with Crippen molar-refractivity contribution < 1.29 is 24.3 Å². The lowest BCUT2D eigenvalue weighted by Crippen LogP contribution is -2.43. The SMILES string of the molecule is CN=C/C(=C\NCCCN)c1ccc(OCC(C)(O/N=C(\C=O)c2csc(N)n2)C(=O)O)cc1. The molecule has 0 fully saturated rings. The van der Waals surface area contributed by atoms with E-state index < -0.39 is 11.6 Å². The van der Waals surface area contributed by atoms with Crippen LogP contribution >= 0.6 is 11.3 Å². The van der Waals surface area contributed by atoms with Gasteiger partial charge in [-0.1, -0.05) is 17.3 Å². The quantitative estimate of drug-likeness (QED) is 0.133. The average molecular weight is 489 g/mol. The van der Waals surface area contributed by atoms with E-state index in [0.29, 0.717) is 18.6 Å². The molecule has 11 nitrogen and oxygen atoms in total. The number of oxime groups is 1. The second kappa shape index (κ2) is 13.1. The van der Waals surface area contributed by atoms with Gasteiger partial charge in [0.25, 0.3) is 5.60 Å². The van der Waals surface area contributed by atoms with Gasteiger partial charge >= 0.3 is 5.97 Å². The van der Waals surface area contributed by atoms with E-state index in [1.54, 1.807) is 25.4 Å². The Bertz CT molecular complexity index is 1050. The number of aliphatic carboxylic acids is 1. The Morgan fingerprint density at radius 1 is 1.35 bits per heavy atom. The first kappa shape index (κ1) is 26.5.